The van der Waals surface area contributed by atoms with Crippen LogP contribution in [0.4, 0.5) is 17.3 Å². The van der Waals surface area contributed by atoms with Crippen molar-refractivity contribution in [3.05, 3.63) is 58.2 Å². The van der Waals surface area contributed by atoms with E-state index < -0.39 is 5.91 Å². The van der Waals surface area contributed by atoms with Crippen molar-refractivity contribution in [2.24, 2.45) is 0 Å². The molecule has 0 aliphatic rings. The van der Waals surface area contributed by atoms with Crippen LogP contribution in [0.25, 0.3) is 0 Å². The Hall–Kier alpha value is -2.64. The normalized spacial score (nSPS) is 10.5. The van der Waals surface area contributed by atoms with E-state index in [1.807, 2.05) is 0 Å². The second kappa shape index (κ2) is 6.86. The standard InChI is InChI=1S/C15H11Cl2N5O2/c1-8-4-14(22-24-8)21-15(23)12-6-13(19-7-18-12)20-11-3-2-9(16)5-10(11)17/h2-7H,1H3,(H,18,19,20)(H,21,22,23). The van der Waals surface area contributed by atoms with Gasteiger partial charge in [0.05, 0.1) is 10.7 Å². The van der Waals surface area contributed by atoms with Crippen molar-refractivity contribution in [3.8, 4) is 0 Å². The Morgan fingerprint density at radius 1 is 1.12 bits per heavy atom. The molecular weight excluding hydrogens is 353 g/mol. The fraction of sp³-hybridized carbons (Fsp3) is 0.0667. The van der Waals surface area contributed by atoms with E-state index >= 15 is 0 Å². The summed E-state index contributed by atoms with van der Waals surface area (Å²) < 4.78 is 4.89. The molecule has 2 aromatic heterocycles. The first-order chi connectivity index (χ1) is 11.5. The molecule has 0 fully saturated rings. The number of nitrogens with zero attached hydrogens (tertiary/aromatic N) is 3. The zero-order valence-corrected chi connectivity index (χ0v) is 13.9. The minimum atomic E-state index is -0.434. The SMILES string of the molecule is Cc1cc(NC(=O)c2cc(Nc3ccc(Cl)cc3Cl)ncn2)no1. The lowest BCUT2D eigenvalue weighted by Crippen LogP contribution is -2.14. The van der Waals surface area contributed by atoms with Gasteiger partial charge in [-0.15, -0.1) is 0 Å². The number of aryl methyl sites for hydroxylation is 1. The van der Waals surface area contributed by atoms with Crippen LogP contribution in [-0.2, 0) is 0 Å². The largest absolute Gasteiger partial charge is 0.360 e. The number of carbonyl (C=O) groups excluding carboxylic acids is 1. The summed E-state index contributed by atoms with van der Waals surface area (Å²) in [5.41, 5.74) is 0.775. The highest BCUT2D eigenvalue weighted by molar-refractivity contribution is 6.36. The predicted octanol–water partition coefficient (Wildman–Crippen LogP) is 4.08. The van der Waals surface area contributed by atoms with Crippen LogP contribution in [0.2, 0.25) is 10.0 Å². The zero-order valence-electron chi connectivity index (χ0n) is 12.4. The lowest BCUT2D eigenvalue weighted by Gasteiger charge is -2.08. The summed E-state index contributed by atoms with van der Waals surface area (Å²) in [6.07, 6.45) is 1.27. The van der Waals surface area contributed by atoms with Crippen LogP contribution in [0.5, 0.6) is 0 Å². The molecule has 0 aliphatic carbocycles. The molecule has 1 aromatic carbocycles. The van der Waals surface area contributed by atoms with E-state index in [2.05, 4.69) is 25.8 Å². The smallest absolute Gasteiger partial charge is 0.275 e. The van der Waals surface area contributed by atoms with E-state index in [1.54, 1.807) is 31.2 Å². The van der Waals surface area contributed by atoms with Gasteiger partial charge in [0.2, 0.25) is 0 Å². The Labute approximate surface area is 147 Å². The molecule has 0 atom stereocenters. The molecule has 0 spiro atoms. The molecule has 3 aromatic rings. The quantitative estimate of drug-likeness (QED) is 0.725. The van der Waals surface area contributed by atoms with Crippen molar-refractivity contribution in [2.45, 2.75) is 6.92 Å². The van der Waals surface area contributed by atoms with Gasteiger partial charge in [-0.3, -0.25) is 4.79 Å². The molecule has 0 saturated carbocycles. The summed E-state index contributed by atoms with van der Waals surface area (Å²) in [7, 11) is 0. The number of amides is 1. The molecule has 122 valence electrons. The maximum atomic E-state index is 12.2. The Balaban J connectivity index is 1.77. The van der Waals surface area contributed by atoms with E-state index in [4.69, 9.17) is 27.7 Å². The number of hydrogen-bond acceptors (Lipinski definition) is 6. The third-order valence-corrected chi connectivity index (χ3v) is 3.51. The molecule has 24 heavy (non-hydrogen) atoms. The van der Waals surface area contributed by atoms with E-state index in [0.717, 1.165) is 0 Å². The monoisotopic (exact) mass is 363 g/mol. The summed E-state index contributed by atoms with van der Waals surface area (Å²) in [6.45, 7) is 1.73. The number of carbonyl (C=O) groups is 1. The topological polar surface area (TPSA) is 92.9 Å². The highest BCUT2D eigenvalue weighted by atomic mass is 35.5. The molecular formula is C15H11Cl2N5O2. The number of nitrogens with one attached hydrogen (secondary N) is 2. The van der Waals surface area contributed by atoms with Crippen LogP contribution in [-0.4, -0.2) is 21.0 Å². The number of benzene rings is 1. The lowest BCUT2D eigenvalue weighted by molar-refractivity contribution is 0.102. The summed E-state index contributed by atoms with van der Waals surface area (Å²) in [5, 5.41) is 10.2. The Kier molecular flexibility index (Phi) is 4.64. The molecule has 0 aliphatic heterocycles. The van der Waals surface area contributed by atoms with Crippen LogP contribution >= 0.6 is 23.2 Å². The van der Waals surface area contributed by atoms with Gasteiger partial charge in [-0.05, 0) is 25.1 Å². The van der Waals surface area contributed by atoms with Crippen LogP contribution in [0, 0.1) is 6.92 Å². The van der Waals surface area contributed by atoms with Crippen molar-refractivity contribution < 1.29 is 9.32 Å². The Morgan fingerprint density at radius 3 is 2.67 bits per heavy atom. The van der Waals surface area contributed by atoms with Gasteiger partial charge in [0.15, 0.2) is 5.82 Å². The molecule has 0 unspecified atom stereocenters. The second-order valence-corrected chi connectivity index (χ2v) is 5.66. The molecule has 0 saturated heterocycles. The maximum absolute atomic E-state index is 12.2. The molecule has 0 radical (unpaired) electrons. The fourth-order valence-electron chi connectivity index (χ4n) is 1.88. The average Bonchev–Trinajstić information content (AvgIpc) is 2.95. The van der Waals surface area contributed by atoms with Crippen molar-refractivity contribution in [3.63, 3.8) is 0 Å². The van der Waals surface area contributed by atoms with Gasteiger partial charge in [-0.1, -0.05) is 28.4 Å². The molecule has 3 rings (SSSR count). The summed E-state index contributed by atoms with van der Waals surface area (Å²) in [6, 6.07) is 8.11. The van der Waals surface area contributed by atoms with Crippen LogP contribution in [0.3, 0.4) is 0 Å². The first kappa shape index (κ1) is 16.2. The summed E-state index contributed by atoms with van der Waals surface area (Å²) in [5.74, 6) is 0.880. The van der Waals surface area contributed by atoms with Gasteiger partial charge < -0.3 is 15.2 Å². The van der Waals surface area contributed by atoms with Gasteiger partial charge in [0.25, 0.3) is 5.91 Å². The van der Waals surface area contributed by atoms with Crippen molar-refractivity contribution in [1.82, 2.24) is 15.1 Å². The number of anilines is 3. The van der Waals surface area contributed by atoms with Crippen molar-refractivity contribution >= 4 is 46.4 Å². The van der Waals surface area contributed by atoms with E-state index in [0.29, 0.717) is 33.1 Å². The highest BCUT2D eigenvalue weighted by Crippen LogP contribution is 2.27. The number of aromatic nitrogens is 3. The molecule has 2 heterocycles. The molecule has 0 bridgehead atoms. The molecule has 7 nitrogen and oxygen atoms in total. The van der Waals surface area contributed by atoms with E-state index in [1.165, 1.54) is 12.4 Å². The first-order valence-corrected chi connectivity index (χ1v) is 7.55. The molecule has 2 N–H and O–H groups in total. The number of halogens is 2. The van der Waals surface area contributed by atoms with Gasteiger partial charge in [-0.25, -0.2) is 9.97 Å². The van der Waals surface area contributed by atoms with Crippen molar-refractivity contribution in [2.75, 3.05) is 10.6 Å². The predicted molar refractivity (Wildman–Crippen MR) is 91.0 cm³/mol. The molecule has 9 heteroatoms. The van der Waals surface area contributed by atoms with Crippen LogP contribution in [0.1, 0.15) is 16.2 Å². The van der Waals surface area contributed by atoms with Crippen LogP contribution < -0.4 is 10.6 Å². The van der Waals surface area contributed by atoms with Gasteiger partial charge in [0.1, 0.15) is 23.6 Å². The minimum Gasteiger partial charge on any atom is -0.360 e. The summed E-state index contributed by atoms with van der Waals surface area (Å²) >= 11 is 12.0. The minimum absolute atomic E-state index is 0.165. The third-order valence-electron chi connectivity index (χ3n) is 2.96. The van der Waals surface area contributed by atoms with Crippen LogP contribution in [0.15, 0.2) is 41.2 Å². The maximum Gasteiger partial charge on any atom is 0.275 e. The highest BCUT2D eigenvalue weighted by Gasteiger charge is 2.12. The average molecular weight is 364 g/mol. The van der Waals surface area contributed by atoms with Gasteiger partial charge >= 0.3 is 0 Å². The first-order valence-electron chi connectivity index (χ1n) is 6.80. The third kappa shape index (κ3) is 3.81. The fourth-order valence-corrected chi connectivity index (χ4v) is 2.34. The van der Waals surface area contributed by atoms with Crippen molar-refractivity contribution in [1.29, 1.82) is 0 Å². The van der Waals surface area contributed by atoms with E-state index in [9.17, 15) is 4.79 Å². The zero-order chi connectivity index (χ0) is 17.1. The number of hydrogen-bond donors (Lipinski definition) is 2. The summed E-state index contributed by atoms with van der Waals surface area (Å²) in [4.78, 5) is 20.2. The van der Waals surface area contributed by atoms with Gasteiger partial charge in [-0.2, -0.15) is 0 Å². The Morgan fingerprint density at radius 2 is 1.96 bits per heavy atom. The number of rotatable bonds is 4. The lowest BCUT2D eigenvalue weighted by atomic mass is 10.3. The second-order valence-electron chi connectivity index (χ2n) is 4.81. The van der Waals surface area contributed by atoms with Gasteiger partial charge in [0, 0.05) is 17.2 Å². The van der Waals surface area contributed by atoms with E-state index in [-0.39, 0.29) is 5.69 Å². The molecule has 1 amide bonds. The Bertz CT molecular complexity index is 897.